The van der Waals surface area contributed by atoms with Crippen molar-refractivity contribution in [2.75, 3.05) is 26.2 Å². The zero-order chi connectivity index (χ0) is 14.5. The van der Waals surface area contributed by atoms with Crippen LogP contribution in [0.3, 0.4) is 0 Å². The Bertz CT molecular complexity index is 536. The monoisotopic (exact) mass is 288 g/mol. The lowest BCUT2D eigenvalue weighted by Gasteiger charge is -2.28. The summed E-state index contributed by atoms with van der Waals surface area (Å²) in [5.74, 6) is 1.53. The highest BCUT2D eigenvalue weighted by molar-refractivity contribution is 5.44. The third-order valence-corrected chi connectivity index (χ3v) is 3.93. The van der Waals surface area contributed by atoms with Crippen molar-refractivity contribution in [1.82, 2.24) is 4.90 Å². The molecule has 0 saturated carbocycles. The van der Waals surface area contributed by atoms with Crippen LogP contribution in [0.15, 0.2) is 23.3 Å². The highest BCUT2D eigenvalue weighted by Gasteiger charge is 2.21. The highest BCUT2D eigenvalue weighted by Crippen LogP contribution is 2.33. The number of likely N-dealkylation sites (tertiary alicyclic amines) is 1. The summed E-state index contributed by atoms with van der Waals surface area (Å²) < 4.78 is 11.5. The van der Waals surface area contributed by atoms with Gasteiger partial charge in [-0.05, 0) is 49.2 Å². The second-order valence-corrected chi connectivity index (χ2v) is 5.58. The Morgan fingerprint density at radius 1 is 1.24 bits per heavy atom. The fourth-order valence-corrected chi connectivity index (χ4v) is 2.85. The summed E-state index contributed by atoms with van der Waals surface area (Å²) in [6, 6.07) is 6.11. The van der Waals surface area contributed by atoms with Gasteiger partial charge in [-0.25, -0.2) is 0 Å². The topological polar surface area (TPSA) is 70.5 Å². The first-order chi connectivity index (χ1) is 10.3. The Morgan fingerprint density at radius 2 is 2.10 bits per heavy atom. The highest BCUT2D eigenvalue weighted by atomic mass is 16.6. The summed E-state index contributed by atoms with van der Waals surface area (Å²) >= 11 is 0. The maximum atomic E-state index is 8.34. The second kappa shape index (κ2) is 6.70. The standard InChI is InChI=1S/C15H20N4O2/c16-18-17-9-13-11-20-15-8-12(4-5-14(15)21-13)10-19-6-2-1-3-7-19/h4-5,8,13H,1-3,6-7,9-11H2. The molecule has 1 saturated heterocycles. The summed E-state index contributed by atoms with van der Waals surface area (Å²) in [4.78, 5) is 5.23. The number of piperidine rings is 1. The van der Waals surface area contributed by atoms with Gasteiger partial charge in [0.25, 0.3) is 0 Å². The molecular weight excluding hydrogens is 268 g/mol. The van der Waals surface area contributed by atoms with Crippen LogP contribution in [-0.2, 0) is 6.54 Å². The Kier molecular flexibility index (Phi) is 4.48. The van der Waals surface area contributed by atoms with Gasteiger partial charge in [0.15, 0.2) is 11.5 Å². The second-order valence-electron chi connectivity index (χ2n) is 5.58. The van der Waals surface area contributed by atoms with Crippen molar-refractivity contribution in [2.24, 2.45) is 5.11 Å². The number of benzene rings is 1. The van der Waals surface area contributed by atoms with Gasteiger partial charge in [-0.2, -0.15) is 0 Å². The van der Waals surface area contributed by atoms with Crippen molar-refractivity contribution in [3.8, 4) is 11.5 Å². The molecule has 1 fully saturated rings. The van der Waals surface area contributed by atoms with E-state index in [9.17, 15) is 0 Å². The van der Waals surface area contributed by atoms with Gasteiger partial charge < -0.3 is 9.47 Å². The van der Waals surface area contributed by atoms with Crippen LogP contribution in [0, 0.1) is 0 Å². The molecule has 2 aliphatic heterocycles. The van der Waals surface area contributed by atoms with Crippen molar-refractivity contribution in [2.45, 2.75) is 31.9 Å². The molecular formula is C15H20N4O2. The van der Waals surface area contributed by atoms with Crippen LogP contribution in [-0.4, -0.2) is 37.2 Å². The predicted molar refractivity (Wildman–Crippen MR) is 79.5 cm³/mol. The van der Waals surface area contributed by atoms with E-state index in [2.05, 4.69) is 27.1 Å². The largest absolute Gasteiger partial charge is 0.486 e. The molecule has 6 heteroatoms. The fourth-order valence-electron chi connectivity index (χ4n) is 2.85. The van der Waals surface area contributed by atoms with Gasteiger partial charge in [-0.1, -0.05) is 17.6 Å². The molecule has 2 aliphatic rings. The first-order valence-electron chi connectivity index (χ1n) is 7.51. The number of hydrogen-bond donors (Lipinski definition) is 0. The molecule has 21 heavy (non-hydrogen) atoms. The number of rotatable bonds is 4. The summed E-state index contributed by atoms with van der Waals surface area (Å²) in [7, 11) is 0. The van der Waals surface area contributed by atoms with Crippen LogP contribution in [0.4, 0.5) is 0 Å². The SMILES string of the molecule is [N-]=[N+]=NCC1COc2cc(CN3CCCCC3)ccc2O1. The van der Waals surface area contributed by atoms with Crippen LogP contribution >= 0.6 is 0 Å². The molecule has 0 spiro atoms. The van der Waals surface area contributed by atoms with Crippen molar-refractivity contribution in [1.29, 1.82) is 0 Å². The third kappa shape index (κ3) is 3.60. The Hall–Kier alpha value is -1.91. The first kappa shape index (κ1) is 14.0. The van der Waals surface area contributed by atoms with Crippen LogP contribution in [0.25, 0.3) is 10.4 Å². The van der Waals surface area contributed by atoms with E-state index in [0.29, 0.717) is 13.2 Å². The minimum Gasteiger partial charge on any atom is -0.486 e. The molecule has 0 radical (unpaired) electrons. The molecule has 0 amide bonds. The molecule has 3 rings (SSSR count). The maximum Gasteiger partial charge on any atom is 0.161 e. The molecule has 0 N–H and O–H groups in total. The Balaban J connectivity index is 1.64. The van der Waals surface area contributed by atoms with Gasteiger partial charge in [-0.3, -0.25) is 4.90 Å². The molecule has 1 aromatic rings. The van der Waals surface area contributed by atoms with E-state index in [1.54, 1.807) is 0 Å². The van der Waals surface area contributed by atoms with Gasteiger partial charge in [0.05, 0.1) is 6.54 Å². The van der Waals surface area contributed by atoms with Crippen molar-refractivity contribution in [3.05, 3.63) is 34.2 Å². The minimum absolute atomic E-state index is 0.193. The number of azide groups is 1. The van der Waals surface area contributed by atoms with E-state index in [1.807, 2.05) is 6.07 Å². The molecule has 6 nitrogen and oxygen atoms in total. The van der Waals surface area contributed by atoms with E-state index in [1.165, 1.54) is 37.9 Å². The average Bonchev–Trinajstić information content (AvgIpc) is 2.54. The van der Waals surface area contributed by atoms with Gasteiger partial charge in [0.2, 0.25) is 0 Å². The first-order valence-corrected chi connectivity index (χ1v) is 7.51. The molecule has 1 atom stereocenters. The molecule has 1 unspecified atom stereocenters. The molecule has 0 bridgehead atoms. The average molecular weight is 288 g/mol. The van der Waals surface area contributed by atoms with Gasteiger partial charge in [0, 0.05) is 11.5 Å². The van der Waals surface area contributed by atoms with Gasteiger partial charge in [0.1, 0.15) is 12.7 Å². The number of ether oxygens (including phenoxy) is 2. The number of fused-ring (bicyclic) bond motifs is 1. The van der Waals surface area contributed by atoms with Crippen LogP contribution < -0.4 is 9.47 Å². The number of nitrogens with zero attached hydrogens (tertiary/aromatic N) is 4. The Labute approximate surface area is 124 Å². The van der Waals surface area contributed by atoms with E-state index in [-0.39, 0.29) is 6.10 Å². The zero-order valence-corrected chi connectivity index (χ0v) is 12.1. The lowest BCUT2D eigenvalue weighted by Crippen LogP contribution is -2.32. The van der Waals surface area contributed by atoms with E-state index in [0.717, 1.165) is 18.0 Å². The third-order valence-electron chi connectivity index (χ3n) is 3.93. The van der Waals surface area contributed by atoms with Crippen LogP contribution in [0.5, 0.6) is 11.5 Å². The molecule has 2 heterocycles. The van der Waals surface area contributed by atoms with E-state index in [4.69, 9.17) is 15.0 Å². The smallest absolute Gasteiger partial charge is 0.161 e. The van der Waals surface area contributed by atoms with Gasteiger partial charge >= 0.3 is 0 Å². The van der Waals surface area contributed by atoms with Crippen molar-refractivity contribution in [3.63, 3.8) is 0 Å². The quantitative estimate of drug-likeness (QED) is 0.485. The zero-order valence-electron chi connectivity index (χ0n) is 12.1. The lowest BCUT2D eigenvalue weighted by atomic mass is 10.1. The fraction of sp³-hybridized carbons (Fsp3) is 0.600. The number of hydrogen-bond acceptors (Lipinski definition) is 4. The lowest BCUT2D eigenvalue weighted by molar-refractivity contribution is 0.0966. The van der Waals surface area contributed by atoms with Crippen molar-refractivity contribution >= 4 is 0 Å². The summed E-state index contributed by atoms with van der Waals surface area (Å²) in [5.41, 5.74) is 9.60. The Morgan fingerprint density at radius 3 is 2.90 bits per heavy atom. The molecule has 112 valence electrons. The minimum atomic E-state index is -0.193. The van der Waals surface area contributed by atoms with E-state index < -0.39 is 0 Å². The molecule has 1 aromatic carbocycles. The van der Waals surface area contributed by atoms with Crippen LogP contribution in [0.1, 0.15) is 24.8 Å². The molecule has 0 aliphatic carbocycles. The normalized spacial score (nSPS) is 21.6. The predicted octanol–water partition coefficient (Wildman–Crippen LogP) is 3.12. The summed E-state index contributed by atoms with van der Waals surface area (Å²) in [6.45, 7) is 4.06. The van der Waals surface area contributed by atoms with Gasteiger partial charge in [-0.15, -0.1) is 0 Å². The van der Waals surface area contributed by atoms with Crippen molar-refractivity contribution < 1.29 is 9.47 Å². The summed E-state index contributed by atoms with van der Waals surface area (Å²) in [5, 5.41) is 3.53. The maximum absolute atomic E-state index is 8.34. The molecule has 0 aromatic heterocycles. The van der Waals surface area contributed by atoms with E-state index >= 15 is 0 Å². The van der Waals surface area contributed by atoms with Crippen LogP contribution in [0.2, 0.25) is 0 Å². The summed E-state index contributed by atoms with van der Waals surface area (Å²) in [6.07, 6.45) is 3.75.